The molecule has 12 heteroatoms. The van der Waals surface area contributed by atoms with E-state index in [0.717, 1.165) is 82.0 Å². The van der Waals surface area contributed by atoms with Crippen molar-refractivity contribution < 1.29 is 57.9 Å². The first-order valence-electron chi connectivity index (χ1n) is 27.0. The number of rotatable bonds is 12. The fraction of sp³-hybridized carbons (Fsp3) is 0.911. The van der Waals surface area contributed by atoms with E-state index in [1.54, 1.807) is 0 Å². The molecule has 13 rings (SSSR count). The third kappa shape index (κ3) is 9.79. The Morgan fingerprint density at radius 3 is 1.44 bits per heavy atom. The van der Waals surface area contributed by atoms with E-state index in [1.807, 2.05) is 55.4 Å². The zero-order valence-corrected chi connectivity index (χ0v) is 43.8. The van der Waals surface area contributed by atoms with Gasteiger partial charge < -0.3 is 33.9 Å². The first-order valence-corrected chi connectivity index (χ1v) is 27.0. The van der Waals surface area contributed by atoms with Crippen LogP contribution >= 0.6 is 0 Å². The van der Waals surface area contributed by atoms with Crippen LogP contribution < -0.4 is 0 Å². The molecule has 0 aromatic carbocycles. The zero-order chi connectivity index (χ0) is 49.7. The normalized spacial score (nSPS) is 41.5. The van der Waals surface area contributed by atoms with Gasteiger partial charge in [-0.05, 0) is 200 Å². The van der Waals surface area contributed by atoms with Gasteiger partial charge in [0.05, 0.1) is 39.5 Å². The maximum Gasteiger partial charge on any atom is 0.347 e. The first kappa shape index (κ1) is 51.6. The van der Waals surface area contributed by atoms with E-state index >= 15 is 0 Å². The summed E-state index contributed by atoms with van der Waals surface area (Å²) in [4.78, 5) is 62.6. The van der Waals surface area contributed by atoms with Crippen molar-refractivity contribution in [1.29, 1.82) is 0 Å². The van der Waals surface area contributed by atoms with E-state index in [2.05, 4.69) is 20.8 Å². The molecule has 384 valence electrons. The van der Waals surface area contributed by atoms with Crippen LogP contribution in [-0.2, 0) is 47.7 Å². The zero-order valence-electron chi connectivity index (χ0n) is 43.8. The fourth-order valence-electron chi connectivity index (χ4n) is 16.2. The van der Waals surface area contributed by atoms with Crippen molar-refractivity contribution in [3.63, 3.8) is 0 Å². The topological polar surface area (TPSA) is 172 Å². The van der Waals surface area contributed by atoms with Gasteiger partial charge in [0.2, 0.25) is 6.10 Å². The SMILES string of the molecule is CCC(C)(C)C(=O)OC(C)(C)C12CC3CC(CC(C3)C1)C2.CCC(C)(C)C(=O)OC12CC3CC(C1)CC(C(=O)OC1CCOC1=O)(C3)C2.CCC(C)(C)C(=O)OC12CC3CC(O)(CC(O)(C3)C1)C2. The minimum absolute atomic E-state index is 0.00857. The molecule has 1 aliphatic heterocycles. The second-order valence-electron chi connectivity index (χ2n) is 27.5. The molecule has 0 spiro atoms. The lowest BCUT2D eigenvalue weighted by Gasteiger charge is -2.62. The van der Waals surface area contributed by atoms with Crippen LogP contribution in [-0.4, -0.2) is 80.8 Å². The molecule has 12 bridgehead atoms. The number of cyclic esters (lactones) is 1. The second-order valence-corrected chi connectivity index (χ2v) is 27.5. The summed E-state index contributed by atoms with van der Waals surface area (Å²) in [6.07, 6.45) is 18.6. The standard InChI is InChI=1S/C21H30O6.C19H32O2.C16H26O4/c1-4-19(2,3)17(23)27-21-10-13-7-14(11-21)9-20(8-13,12-21)18(24)26-15-5-6-25-16(15)22;1-6-17(2,3)16(20)21-18(4,5)19-10-13-7-14(11-19)9-15(8-13)12-19;1-4-13(2,3)12(17)20-16-7-11-5-14(18,9-16)8-15(19,6-11)10-16/h13-15H,4-12H2,1-3H3;13-15H,6-12H2,1-5H3;11,18-19H,4-10H2,1-3H3. The molecule has 12 saturated carbocycles. The van der Waals surface area contributed by atoms with E-state index in [-0.39, 0.29) is 46.2 Å². The van der Waals surface area contributed by atoms with Crippen LogP contribution in [0.2, 0.25) is 0 Å². The molecule has 0 amide bonds. The second kappa shape index (κ2) is 17.5. The van der Waals surface area contributed by atoms with Crippen molar-refractivity contribution in [2.45, 2.75) is 252 Å². The number of hydrogen-bond acceptors (Lipinski definition) is 12. The lowest BCUT2D eigenvalue weighted by molar-refractivity contribution is -0.264. The Morgan fingerprint density at radius 1 is 0.559 bits per heavy atom. The summed E-state index contributed by atoms with van der Waals surface area (Å²) in [6, 6.07) is 0. The average molecular weight is 953 g/mol. The molecule has 13 fully saturated rings. The number of aliphatic hydroxyl groups is 2. The molecule has 5 unspecified atom stereocenters. The van der Waals surface area contributed by atoms with Gasteiger partial charge in [0.15, 0.2) is 0 Å². The van der Waals surface area contributed by atoms with Crippen molar-refractivity contribution >= 4 is 29.8 Å². The van der Waals surface area contributed by atoms with Gasteiger partial charge >= 0.3 is 29.8 Å². The molecular weight excluding hydrogens is 865 g/mol. The molecule has 68 heavy (non-hydrogen) atoms. The van der Waals surface area contributed by atoms with Gasteiger partial charge in [-0.1, -0.05) is 20.8 Å². The summed E-state index contributed by atoms with van der Waals surface area (Å²) in [7, 11) is 0. The summed E-state index contributed by atoms with van der Waals surface area (Å²) >= 11 is 0. The van der Waals surface area contributed by atoms with Crippen molar-refractivity contribution in [1.82, 2.24) is 0 Å². The highest BCUT2D eigenvalue weighted by atomic mass is 16.6. The van der Waals surface area contributed by atoms with Crippen LogP contribution in [0, 0.1) is 62.6 Å². The van der Waals surface area contributed by atoms with E-state index < -0.39 is 50.7 Å². The van der Waals surface area contributed by atoms with Crippen LogP contribution in [0.1, 0.15) is 217 Å². The fourth-order valence-corrected chi connectivity index (χ4v) is 16.2. The predicted molar refractivity (Wildman–Crippen MR) is 254 cm³/mol. The average Bonchev–Trinajstić information content (AvgIpc) is 3.61. The summed E-state index contributed by atoms with van der Waals surface area (Å²) in [5.41, 5.74) is -4.96. The largest absolute Gasteiger partial charge is 0.463 e. The maximum absolute atomic E-state index is 13.1. The van der Waals surface area contributed by atoms with Gasteiger partial charge in [0.1, 0.15) is 16.8 Å². The Kier molecular flexibility index (Phi) is 13.3. The molecule has 0 radical (unpaired) electrons. The van der Waals surface area contributed by atoms with Crippen LogP contribution in [0.3, 0.4) is 0 Å². The Balaban J connectivity index is 0.000000140. The van der Waals surface area contributed by atoms with Crippen molar-refractivity contribution in [2.24, 2.45) is 62.6 Å². The van der Waals surface area contributed by atoms with Crippen LogP contribution in [0.4, 0.5) is 0 Å². The van der Waals surface area contributed by atoms with E-state index in [0.29, 0.717) is 57.0 Å². The highest BCUT2D eigenvalue weighted by Crippen LogP contribution is 2.66. The lowest BCUT2D eigenvalue weighted by Crippen LogP contribution is -2.67. The molecule has 1 saturated heterocycles. The number of ether oxygens (including phenoxy) is 5. The van der Waals surface area contributed by atoms with E-state index in [9.17, 15) is 34.2 Å². The van der Waals surface area contributed by atoms with Crippen LogP contribution in [0.15, 0.2) is 0 Å². The van der Waals surface area contributed by atoms with Gasteiger partial charge in [0.25, 0.3) is 0 Å². The Bertz CT molecular complexity index is 1910. The summed E-state index contributed by atoms with van der Waals surface area (Å²) in [5, 5.41) is 21.3. The monoisotopic (exact) mass is 953 g/mol. The molecule has 12 aliphatic carbocycles. The minimum atomic E-state index is -0.842. The van der Waals surface area contributed by atoms with E-state index in [1.165, 1.54) is 38.5 Å². The van der Waals surface area contributed by atoms with Crippen molar-refractivity contribution in [2.75, 3.05) is 6.61 Å². The number of carbonyl (C=O) groups is 5. The molecule has 0 aromatic heterocycles. The van der Waals surface area contributed by atoms with Gasteiger partial charge in [-0.15, -0.1) is 0 Å². The summed E-state index contributed by atoms with van der Waals surface area (Å²) < 4.78 is 28.7. The number of hydrogen-bond donors (Lipinski definition) is 2. The Labute approximate surface area is 407 Å². The van der Waals surface area contributed by atoms with Crippen LogP contribution in [0.25, 0.3) is 0 Å². The third-order valence-electron chi connectivity index (χ3n) is 20.1. The van der Waals surface area contributed by atoms with Gasteiger partial charge in [-0.2, -0.15) is 0 Å². The highest BCUT2D eigenvalue weighted by molar-refractivity contribution is 5.84. The first-order chi connectivity index (χ1) is 31.4. The van der Waals surface area contributed by atoms with Crippen LogP contribution in [0.5, 0.6) is 0 Å². The molecule has 12 nitrogen and oxygen atoms in total. The quantitative estimate of drug-likeness (QED) is 0.140. The maximum atomic E-state index is 13.1. The molecule has 13 aliphatic rings. The number of esters is 5. The molecule has 0 aromatic rings. The van der Waals surface area contributed by atoms with Crippen molar-refractivity contribution in [3.05, 3.63) is 0 Å². The Hall–Kier alpha value is -2.73. The summed E-state index contributed by atoms with van der Waals surface area (Å²) in [5.74, 6) is 2.61. The minimum Gasteiger partial charge on any atom is -0.463 e. The van der Waals surface area contributed by atoms with Gasteiger partial charge in [-0.3, -0.25) is 19.2 Å². The molecule has 2 N–H and O–H groups in total. The van der Waals surface area contributed by atoms with Gasteiger partial charge in [-0.25, -0.2) is 4.79 Å². The highest BCUT2D eigenvalue weighted by Gasteiger charge is 2.66. The smallest absolute Gasteiger partial charge is 0.347 e. The van der Waals surface area contributed by atoms with Gasteiger partial charge in [0, 0.05) is 37.5 Å². The molecule has 1 heterocycles. The lowest BCUT2D eigenvalue weighted by atomic mass is 9.46. The summed E-state index contributed by atoms with van der Waals surface area (Å²) in [6.45, 7) is 22.3. The van der Waals surface area contributed by atoms with Crippen molar-refractivity contribution in [3.8, 4) is 0 Å². The number of carbonyl (C=O) groups excluding carboxylic acids is 5. The predicted octanol–water partition coefficient (Wildman–Crippen LogP) is 10.3. The van der Waals surface area contributed by atoms with E-state index in [4.69, 9.17) is 23.7 Å². The third-order valence-corrected chi connectivity index (χ3v) is 20.1. The molecule has 5 atom stereocenters. The molecular formula is C56H88O12. The Morgan fingerprint density at radius 2 is 1.00 bits per heavy atom.